The summed E-state index contributed by atoms with van der Waals surface area (Å²) in [6.45, 7) is 2.11. The van der Waals surface area contributed by atoms with E-state index in [1.165, 1.54) is 0 Å². The number of anilines is 2. The summed E-state index contributed by atoms with van der Waals surface area (Å²) in [5.74, 6) is 0. The highest BCUT2D eigenvalue weighted by atomic mass is 15.3. The zero-order chi connectivity index (χ0) is 13.1. The summed E-state index contributed by atoms with van der Waals surface area (Å²) in [6, 6.07) is 4.20. The zero-order valence-corrected chi connectivity index (χ0v) is 11.3. The topological polar surface area (TPSA) is 46.0 Å². The Morgan fingerprint density at radius 1 is 1.28 bits per heavy atom. The highest BCUT2D eigenvalue weighted by molar-refractivity contribution is 5.68. The van der Waals surface area contributed by atoms with Crippen LogP contribution in [0.2, 0.25) is 0 Å². The number of rotatable bonds is 4. The highest BCUT2D eigenvalue weighted by Gasteiger charge is 2.12. The van der Waals surface area contributed by atoms with E-state index in [-0.39, 0.29) is 6.04 Å². The predicted octanol–water partition coefficient (Wildman–Crippen LogP) is 2.05. The van der Waals surface area contributed by atoms with Crippen LogP contribution in [0.25, 0.3) is 0 Å². The number of aromatic nitrogens is 3. The molecule has 96 valence electrons. The molecule has 18 heavy (non-hydrogen) atoms. The monoisotopic (exact) mass is 245 g/mol. The molecule has 0 saturated carbocycles. The van der Waals surface area contributed by atoms with Crippen LogP contribution >= 0.6 is 0 Å². The van der Waals surface area contributed by atoms with E-state index in [2.05, 4.69) is 27.2 Å². The standard InChI is InChI=1S/C13H19N5/c1-10(12-6-8-15-18(12)4)16-11-9-14-7-5-13(11)17(2)3/h5-10,16H,1-4H3. The molecule has 2 aromatic rings. The third kappa shape index (κ3) is 2.45. The van der Waals surface area contributed by atoms with Gasteiger partial charge in [0.15, 0.2) is 0 Å². The number of pyridine rings is 1. The van der Waals surface area contributed by atoms with Gasteiger partial charge in [0.25, 0.3) is 0 Å². The molecule has 0 spiro atoms. The minimum absolute atomic E-state index is 0.181. The number of hydrogen-bond acceptors (Lipinski definition) is 4. The fraction of sp³-hybridized carbons (Fsp3) is 0.385. The van der Waals surface area contributed by atoms with Crippen molar-refractivity contribution in [1.29, 1.82) is 0 Å². The van der Waals surface area contributed by atoms with Gasteiger partial charge in [-0.05, 0) is 19.1 Å². The predicted molar refractivity (Wildman–Crippen MR) is 73.8 cm³/mol. The van der Waals surface area contributed by atoms with Crippen molar-refractivity contribution in [2.75, 3.05) is 24.3 Å². The molecule has 1 atom stereocenters. The van der Waals surface area contributed by atoms with Crippen molar-refractivity contribution in [3.63, 3.8) is 0 Å². The van der Waals surface area contributed by atoms with Gasteiger partial charge in [-0.2, -0.15) is 5.10 Å². The average Bonchev–Trinajstić information content (AvgIpc) is 2.76. The molecule has 0 saturated heterocycles. The third-order valence-corrected chi connectivity index (χ3v) is 2.95. The lowest BCUT2D eigenvalue weighted by atomic mass is 10.2. The van der Waals surface area contributed by atoms with Crippen LogP contribution in [0, 0.1) is 0 Å². The lowest BCUT2D eigenvalue weighted by Gasteiger charge is -2.21. The Hall–Kier alpha value is -2.04. The molecule has 0 amide bonds. The van der Waals surface area contributed by atoms with Crippen molar-refractivity contribution < 1.29 is 0 Å². The molecule has 1 unspecified atom stereocenters. The van der Waals surface area contributed by atoms with Crippen LogP contribution in [0.5, 0.6) is 0 Å². The summed E-state index contributed by atoms with van der Waals surface area (Å²) >= 11 is 0. The van der Waals surface area contributed by atoms with E-state index in [1.807, 2.05) is 50.4 Å². The van der Waals surface area contributed by atoms with Crippen LogP contribution < -0.4 is 10.2 Å². The van der Waals surface area contributed by atoms with Gasteiger partial charge in [-0.3, -0.25) is 9.67 Å². The number of nitrogens with zero attached hydrogens (tertiary/aromatic N) is 4. The lowest BCUT2D eigenvalue weighted by Crippen LogP contribution is -2.16. The van der Waals surface area contributed by atoms with Crippen molar-refractivity contribution in [2.45, 2.75) is 13.0 Å². The first-order chi connectivity index (χ1) is 8.59. The van der Waals surface area contributed by atoms with E-state index in [0.29, 0.717) is 0 Å². The first-order valence-corrected chi connectivity index (χ1v) is 5.95. The van der Waals surface area contributed by atoms with E-state index < -0.39 is 0 Å². The van der Waals surface area contributed by atoms with Gasteiger partial charge in [-0.15, -0.1) is 0 Å². The second kappa shape index (κ2) is 5.08. The van der Waals surface area contributed by atoms with E-state index in [1.54, 1.807) is 6.20 Å². The molecule has 5 nitrogen and oxygen atoms in total. The average molecular weight is 245 g/mol. The lowest BCUT2D eigenvalue weighted by molar-refractivity contribution is 0.675. The van der Waals surface area contributed by atoms with E-state index in [0.717, 1.165) is 17.1 Å². The Labute approximate surface area is 107 Å². The minimum atomic E-state index is 0.181. The van der Waals surface area contributed by atoms with Gasteiger partial charge in [0.05, 0.1) is 29.3 Å². The Morgan fingerprint density at radius 3 is 2.67 bits per heavy atom. The second-order valence-corrected chi connectivity index (χ2v) is 4.53. The molecule has 0 aliphatic rings. The minimum Gasteiger partial charge on any atom is -0.376 e. The quantitative estimate of drug-likeness (QED) is 0.895. The molecule has 0 aliphatic carbocycles. The maximum atomic E-state index is 4.19. The van der Waals surface area contributed by atoms with Crippen molar-refractivity contribution in [2.24, 2.45) is 7.05 Å². The Balaban J connectivity index is 2.22. The first kappa shape index (κ1) is 12.4. The van der Waals surface area contributed by atoms with Crippen LogP contribution in [-0.4, -0.2) is 28.9 Å². The number of aryl methyl sites for hydroxylation is 1. The van der Waals surface area contributed by atoms with Gasteiger partial charge in [0, 0.05) is 33.5 Å². The van der Waals surface area contributed by atoms with E-state index in [4.69, 9.17) is 0 Å². The van der Waals surface area contributed by atoms with E-state index >= 15 is 0 Å². The summed E-state index contributed by atoms with van der Waals surface area (Å²) in [4.78, 5) is 6.24. The fourth-order valence-electron chi connectivity index (χ4n) is 2.00. The van der Waals surface area contributed by atoms with Gasteiger partial charge >= 0.3 is 0 Å². The molecule has 5 heteroatoms. The summed E-state index contributed by atoms with van der Waals surface area (Å²) < 4.78 is 1.88. The molecule has 1 N–H and O–H groups in total. The van der Waals surface area contributed by atoms with Gasteiger partial charge in [0.1, 0.15) is 0 Å². The fourth-order valence-corrected chi connectivity index (χ4v) is 2.00. The molecule has 0 radical (unpaired) electrons. The first-order valence-electron chi connectivity index (χ1n) is 5.95. The third-order valence-electron chi connectivity index (χ3n) is 2.95. The van der Waals surface area contributed by atoms with Gasteiger partial charge in [-0.1, -0.05) is 0 Å². The molecule has 0 fully saturated rings. The second-order valence-electron chi connectivity index (χ2n) is 4.53. The maximum absolute atomic E-state index is 4.19. The zero-order valence-electron chi connectivity index (χ0n) is 11.3. The molecular formula is C13H19N5. The summed E-state index contributed by atoms with van der Waals surface area (Å²) in [5, 5.41) is 7.66. The smallest absolute Gasteiger partial charge is 0.0769 e. The molecule has 0 bridgehead atoms. The van der Waals surface area contributed by atoms with Gasteiger partial charge < -0.3 is 10.2 Å². The number of hydrogen-bond donors (Lipinski definition) is 1. The Bertz CT molecular complexity index is 518. The summed E-state index contributed by atoms with van der Waals surface area (Å²) in [7, 11) is 5.99. The van der Waals surface area contributed by atoms with Crippen LogP contribution in [0.1, 0.15) is 18.7 Å². The van der Waals surface area contributed by atoms with Crippen molar-refractivity contribution in [1.82, 2.24) is 14.8 Å². The number of nitrogens with one attached hydrogen (secondary N) is 1. The molecule has 2 aromatic heterocycles. The van der Waals surface area contributed by atoms with Crippen molar-refractivity contribution in [3.8, 4) is 0 Å². The Morgan fingerprint density at radius 2 is 2.06 bits per heavy atom. The highest BCUT2D eigenvalue weighted by Crippen LogP contribution is 2.26. The molecule has 2 rings (SSSR count). The van der Waals surface area contributed by atoms with E-state index in [9.17, 15) is 0 Å². The van der Waals surface area contributed by atoms with Crippen LogP contribution in [0.4, 0.5) is 11.4 Å². The molecule has 2 heterocycles. The van der Waals surface area contributed by atoms with Gasteiger partial charge in [-0.25, -0.2) is 0 Å². The van der Waals surface area contributed by atoms with Gasteiger partial charge in [0.2, 0.25) is 0 Å². The van der Waals surface area contributed by atoms with Crippen molar-refractivity contribution >= 4 is 11.4 Å². The molecule has 0 aliphatic heterocycles. The largest absolute Gasteiger partial charge is 0.376 e. The SMILES string of the molecule is CC(Nc1cnccc1N(C)C)c1ccnn1C. The van der Waals surface area contributed by atoms with Crippen molar-refractivity contribution in [3.05, 3.63) is 36.4 Å². The Kier molecular flexibility index (Phi) is 3.50. The summed E-state index contributed by atoms with van der Waals surface area (Å²) in [5.41, 5.74) is 3.29. The molecular weight excluding hydrogens is 226 g/mol. The van der Waals surface area contributed by atoms with Crippen LogP contribution in [0.3, 0.4) is 0 Å². The molecule has 0 aromatic carbocycles. The van der Waals surface area contributed by atoms with Crippen LogP contribution in [0.15, 0.2) is 30.7 Å². The van der Waals surface area contributed by atoms with Crippen LogP contribution in [-0.2, 0) is 7.05 Å². The summed E-state index contributed by atoms with van der Waals surface area (Å²) in [6.07, 6.45) is 5.46. The maximum Gasteiger partial charge on any atom is 0.0769 e. The normalized spacial score (nSPS) is 12.2.